The summed E-state index contributed by atoms with van der Waals surface area (Å²) in [5.41, 5.74) is 6.07. The predicted molar refractivity (Wildman–Crippen MR) is 72.8 cm³/mol. The highest BCUT2D eigenvalue weighted by Crippen LogP contribution is 2.23. The first-order valence-electron chi connectivity index (χ1n) is 5.63. The molecular formula is C13H12F2N2O2S. The summed E-state index contributed by atoms with van der Waals surface area (Å²) in [5.74, 6) is -1.43. The van der Waals surface area contributed by atoms with E-state index in [2.05, 4.69) is 4.72 Å². The Bertz CT molecular complexity index is 761. The van der Waals surface area contributed by atoms with E-state index in [-0.39, 0.29) is 11.4 Å². The van der Waals surface area contributed by atoms with Crippen LogP contribution in [0.2, 0.25) is 0 Å². The molecule has 0 radical (unpaired) electrons. The second-order valence-corrected chi connectivity index (χ2v) is 5.91. The summed E-state index contributed by atoms with van der Waals surface area (Å²) in [4.78, 5) is -0.518. The highest BCUT2D eigenvalue weighted by molar-refractivity contribution is 7.92. The molecule has 0 aliphatic carbocycles. The van der Waals surface area contributed by atoms with Gasteiger partial charge in [0, 0.05) is 5.69 Å². The Morgan fingerprint density at radius 3 is 2.40 bits per heavy atom. The van der Waals surface area contributed by atoms with Gasteiger partial charge in [-0.15, -0.1) is 0 Å². The molecule has 4 nitrogen and oxygen atoms in total. The van der Waals surface area contributed by atoms with E-state index < -0.39 is 26.6 Å². The van der Waals surface area contributed by atoms with Gasteiger partial charge in [0.15, 0.2) is 0 Å². The lowest BCUT2D eigenvalue weighted by atomic mass is 10.2. The number of nitrogens with one attached hydrogen (secondary N) is 1. The van der Waals surface area contributed by atoms with Gasteiger partial charge in [0.1, 0.15) is 16.5 Å². The van der Waals surface area contributed by atoms with E-state index in [1.165, 1.54) is 18.2 Å². The van der Waals surface area contributed by atoms with Crippen LogP contribution in [0.15, 0.2) is 41.3 Å². The molecule has 0 spiro atoms. The van der Waals surface area contributed by atoms with Crippen LogP contribution in [-0.2, 0) is 10.0 Å². The third-order valence-electron chi connectivity index (χ3n) is 2.68. The third-order valence-corrected chi connectivity index (χ3v) is 4.08. The standard InChI is InChI=1S/C13H12F2N2O2S/c1-8-6-9(14)2-4-12(8)17-20(18,19)13-5-3-10(16)7-11(13)15/h2-7,17H,16H2,1H3. The van der Waals surface area contributed by atoms with E-state index >= 15 is 0 Å². The molecule has 0 atom stereocenters. The van der Waals surface area contributed by atoms with Gasteiger partial charge in [-0.1, -0.05) is 0 Å². The molecule has 3 N–H and O–H groups in total. The first-order valence-corrected chi connectivity index (χ1v) is 7.12. The van der Waals surface area contributed by atoms with Crippen molar-refractivity contribution in [3.63, 3.8) is 0 Å². The minimum atomic E-state index is -4.10. The Labute approximate surface area is 115 Å². The molecule has 0 bridgehead atoms. The largest absolute Gasteiger partial charge is 0.399 e. The van der Waals surface area contributed by atoms with Crippen LogP contribution in [0.1, 0.15) is 5.56 Å². The molecular weight excluding hydrogens is 286 g/mol. The smallest absolute Gasteiger partial charge is 0.264 e. The van der Waals surface area contributed by atoms with Crippen LogP contribution in [-0.4, -0.2) is 8.42 Å². The molecule has 0 fully saturated rings. The Morgan fingerprint density at radius 1 is 1.10 bits per heavy atom. The maximum absolute atomic E-state index is 13.7. The average molecular weight is 298 g/mol. The van der Waals surface area contributed by atoms with Crippen molar-refractivity contribution < 1.29 is 17.2 Å². The van der Waals surface area contributed by atoms with E-state index in [0.29, 0.717) is 5.56 Å². The summed E-state index contributed by atoms with van der Waals surface area (Å²) >= 11 is 0. The summed E-state index contributed by atoms with van der Waals surface area (Å²) in [6.07, 6.45) is 0. The number of nitrogen functional groups attached to an aromatic ring is 1. The molecule has 0 saturated heterocycles. The zero-order valence-electron chi connectivity index (χ0n) is 10.5. The molecule has 0 aliphatic rings. The van der Waals surface area contributed by atoms with E-state index in [0.717, 1.165) is 18.2 Å². The zero-order chi connectivity index (χ0) is 14.9. The fourth-order valence-electron chi connectivity index (χ4n) is 1.68. The number of aryl methyl sites for hydroxylation is 1. The average Bonchev–Trinajstić information content (AvgIpc) is 2.32. The van der Waals surface area contributed by atoms with E-state index in [4.69, 9.17) is 5.73 Å². The van der Waals surface area contributed by atoms with Crippen LogP contribution in [0.3, 0.4) is 0 Å². The number of benzene rings is 2. The number of hydrogen-bond donors (Lipinski definition) is 2. The Hall–Kier alpha value is -2.15. The molecule has 0 saturated carbocycles. The highest BCUT2D eigenvalue weighted by Gasteiger charge is 2.20. The van der Waals surface area contributed by atoms with Crippen LogP contribution < -0.4 is 10.5 Å². The molecule has 0 heterocycles. The van der Waals surface area contributed by atoms with Crippen molar-refractivity contribution in [1.82, 2.24) is 0 Å². The number of anilines is 2. The monoisotopic (exact) mass is 298 g/mol. The summed E-state index contributed by atoms with van der Waals surface area (Å²) in [7, 11) is -4.10. The SMILES string of the molecule is Cc1cc(F)ccc1NS(=O)(=O)c1ccc(N)cc1F. The van der Waals surface area contributed by atoms with Gasteiger partial charge in [-0.05, 0) is 48.9 Å². The van der Waals surface area contributed by atoms with Crippen molar-refractivity contribution in [3.05, 3.63) is 53.6 Å². The molecule has 0 aliphatic heterocycles. The lowest BCUT2D eigenvalue weighted by Gasteiger charge is -2.11. The summed E-state index contributed by atoms with van der Waals surface area (Å²) in [6, 6.07) is 6.85. The van der Waals surface area contributed by atoms with Crippen molar-refractivity contribution in [1.29, 1.82) is 0 Å². The van der Waals surface area contributed by atoms with Gasteiger partial charge in [0.25, 0.3) is 10.0 Å². The number of hydrogen-bond acceptors (Lipinski definition) is 3. The lowest BCUT2D eigenvalue weighted by molar-refractivity contribution is 0.570. The van der Waals surface area contributed by atoms with Gasteiger partial charge in [-0.2, -0.15) is 0 Å². The molecule has 106 valence electrons. The zero-order valence-corrected chi connectivity index (χ0v) is 11.3. The predicted octanol–water partition coefficient (Wildman–Crippen LogP) is 2.66. The Balaban J connectivity index is 2.41. The van der Waals surface area contributed by atoms with Gasteiger partial charge in [-0.3, -0.25) is 4.72 Å². The second kappa shape index (κ2) is 5.09. The van der Waals surface area contributed by atoms with Crippen molar-refractivity contribution in [3.8, 4) is 0 Å². The van der Waals surface area contributed by atoms with E-state index in [1.54, 1.807) is 6.92 Å². The van der Waals surface area contributed by atoms with Gasteiger partial charge < -0.3 is 5.73 Å². The Morgan fingerprint density at radius 2 is 1.80 bits per heavy atom. The number of rotatable bonds is 3. The minimum Gasteiger partial charge on any atom is -0.399 e. The van der Waals surface area contributed by atoms with Gasteiger partial charge in [0.05, 0.1) is 5.69 Å². The first-order chi connectivity index (χ1) is 9.29. The molecule has 2 aromatic carbocycles. The fraction of sp³-hybridized carbons (Fsp3) is 0.0769. The van der Waals surface area contributed by atoms with Crippen LogP contribution in [0.5, 0.6) is 0 Å². The fourth-order valence-corrected chi connectivity index (χ4v) is 2.87. The third kappa shape index (κ3) is 2.88. The van der Waals surface area contributed by atoms with Gasteiger partial charge >= 0.3 is 0 Å². The summed E-state index contributed by atoms with van der Waals surface area (Å²) in [5, 5.41) is 0. The Kier molecular flexibility index (Phi) is 3.63. The molecule has 0 unspecified atom stereocenters. The second-order valence-electron chi connectivity index (χ2n) is 4.25. The molecule has 0 amide bonds. The van der Waals surface area contributed by atoms with Gasteiger partial charge in [0.2, 0.25) is 0 Å². The van der Waals surface area contributed by atoms with Crippen LogP contribution in [0.4, 0.5) is 20.2 Å². The minimum absolute atomic E-state index is 0.124. The number of halogens is 2. The molecule has 2 aromatic rings. The topological polar surface area (TPSA) is 72.2 Å². The van der Waals surface area contributed by atoms with Crippen LogP contribution in [0.25, 0.3) is 0 Å². The van der Waals surface area contributed by atoms with Crippen molar-refractivity contribution in [2.45, 2.75) is 11.8 Å². The molecule has 2 rings (SSSR count). The van der Waals surface area contributed by atoms with Crippen LogP contribution >= 0.6 is 0 Å². The van der Waals surface area contributed by atoms with Crippen molar-refractivity contribution in [2.75, 3.05) is 10.5 Å². The van der Waals surface area contributed by atoms with Gasteiger partial charge in [-0.25, -0.2) is 17.2 Å². The molecule has 0 aromatic heterocycles. The molecule has 20 heavy (non-hydrogen) atoms. The van der Waals surface area contributed by atoms with Crippen molar-refractivity contribution >= 4 is 21.4 Å². The summed E-state index contributed by atoms with van der Waals surface area (Å²) < 4.78 is 53.0. The molecule has 7 heteroatoms. The van der Waals surface area contributed by atoms with E-state index in [1.807, 2.05) is 0 Å². The lowest BCUT2D eigenvalue weighted by Crippen LogP contribution is -2.15. The number of nitrogens with two attached hydrogens (primary N) is 1. The quantitative estimate of drug-likeness (QED) is 0.856. The number of sulfonamides is 1. The normalized spacial score (nSPS) is 11.3. The van der Waals surface area contributed by atoms with Crippen molar-refractivity contribution in [2.24, 2.45) is 0 Å². The van der Waals surface area contributed by atoms with E-state index in [9.17, 15) is 17.2 Å². The maximum atomic E-state index is 13.7. The maximum Gasteiger partial charge on any atom is 0.264 e. The summed E-state index contributed by atoms with van der Waals surface area (Å²) in [6.45, 7) is 1.54. The van der Waals surface area contributed by atoms with Crippen LogP contribution in [0, 0.1) is 18.6 Å². The first kappa shape index (κ1) is 14.3. The highest BCUT2D eigenvalue weighted by atomic mass is 32.2.